The van der Waals surface area contributed by atoms with E-state index in [-0.39, 0.29) is 5.91 Å². The molecule has 0 fully saturated rings. The van der Waals surface area contributed by atoms with Gasteiger partial charge in [-0.15, -0.1) is 10.2 Å². The minimum absolute atomic E-state index is 0.171. The highest BCUT2D eigenvalue weighted by atomic mass is 16.1. The number of hydrogen-bond acceptors (Lipinski definition) is 4. The number of carbonyl (C=O) groups excluding carboxylic acids is 1. The highest BCUT2D eigenvalue weighted by Crippen LogP contribution is 2.18. The number of benzene rings is 1. The first-order valence-corrected chi connectivity index (χ1v) is 4.38. The first-order chi connectivity index (χ1) is 7.33. The third kappa shape index (κ3) is 1.69. The van der Waals surface area contributed by atoms with Crippen molar-refractivity contribution in [3.63, 3.8) is 0 Å². The van der Waals surface area contributed by atoms with Crippen LogP contribution in [-0.2, 0) is 0 Å². The van der Waals surface area contributed by atoms with Crippen molar-refractivity contribution in [2.75, 3.05) is 7.05 Å². The van der Waals surface area contributed by atoms with Crippen molar-refractivity contribution in [2.45, 2.75) is 0 Å². The van der Waals surface area contributed by atoms with E-state index in [2.05, 4.69) is 25.9 Å². The summed E-state index contributed by atoms with van der Waals surface area (Å²) in [6, 6.07) is 7.09. The molecule has 0 aliphatic heterocycles. The van der Waals surface area contributed by atoms with Crippen molar-refractivity contribution in [2.24, 2.45) is 0 Å². The van der Waals surface area contributed by atoms with Gasteiger partial charge in [-0.25, -0.2) is 0 Å². The molecule has 0 radical (unpaired) electrons. The van der Waals surface area contributed by atoms with Crippen LogP contribution in [0.5, 0.6) is 0 Å². The highest BCUT2D eigenvalue weighted by molar-refractivity contribution is 5.99. The van der Waals surface area contributed by atoms with E-state index in [0.29, 0.717) is 17.0 Å². The molecule has 1 aromatic carbocycles. The topological polar surface area (TPSA) is 83.6 Å². The molecule has 0 aliphatic rings. The molecule has 76 valence electrons. The zero-order valence-corrected chi connectivity index (χ0v) is 8.06. The maximum Gasteiger partial charge on any atom is 0.251 e. The zero-order chi connectivity index (χ0) is 10.7. The third-order valence-electron chi connectivity index (χ3n) is 1.99. The molecule has 1 aromatic heterocycles. The van der Waals surface area contributed by atoms with Gasteiger partial charge in [0.1, 0.15) is 0 Å². The average molecular weight is 203 g/mol. The summed E-state index contributed by atoms with van der Waals surface area (Å²) in [4.78, 5) is 11.5. The molecule has 0 bridgehead atoms. The summed E-state index contributed by atoms with van der Waals surface area (Å²) in [7, 11) is 1.58. The van der Waals surface area contributed by atoms with Crippen LogP contribution in [0, 0.1) is 0 Å². The third-order valence-corrected chi connectivity index (χ3v) is 1.99. The molecule has 0 saturated heterocycles. The number of rotatable bonds is 2. The molecule has 1 amide bonds. The monoisotopic (exact) mass is 203 g/mol. The van der Waals surface area contributed by atoms with Gasteiger partial charge < -0.3 is 5.32 Å². The van der Waals surface area contributed by atoms with Crippen molar-refractivity contribution in [3.8, 4) is 11.4 Å². The molecule has 0 unspecified atom stereocenters. The number of aromatic amines is 1. The van der Waals surface area contributed by atoms with E-state index < -0.39 is 0 Å². The Labute approximate surface area is 85.7 Å². The van der Waals surface area contributed by atoms with Crippen LogP contribution in [0.2, 0.25) is 0 Å². The first-order valence-electron chi connectivity index (χ1n) is 4.38. The van der Waals surface area contributed by atoms with Crippen LogP contribution in [0.4, 0.5) is 0 Å². The maximum atomic E-state index is 11.5. The Morgan fingerprint density at radius 3 is 2.87 bits per heavy atom. The van der Waals surface area contributed by atoms with Crippen LogP contribution in [0.1, 0.15) is 10.4 Å². The Morgan fingerprint density at radius 1 is 1.40 bits per heavy atom. The molecule has 0 saturated carbocycles. The molecule has 6 nitrogen and oxygen atoms in total. The van der Waals surface area contributed by atoms with E-state index >= 15 is 0 Å². The van der Waals surface area contributed by atoms with Gasteiger partial charge in [0.05, 0.1) is 5.56 Å². The summed E-state index contributed by atoms with van der Waals surface area (Å²) >= 11 is 0. The van der Waals surface area contributed by atoms with Gasteiger partial charge in [0, 0.05) is 12.6 Å². The van der Waals surface area contributed by atoms with Gasteiger partial charge in [0.2, 0.25) is 5.82 Å². The summed E-state index contributed by atoms with van der Waals surface area (Å²) in [5.74, 6) is 0.240. The zero-order valence-electron chi connectivity index (χ0n) is 8.06. The Hall–Kier alpha value is -2.24. The van der Waals surface area contributed by atoms with Gasteiger partial charge in [-0.05, 0) is 11.3 Å². The fourth-order valence-corrected chi connectivity index (χ4v) is 1.29. The van der Waals surface area contributed by atoms with E-state index in [0.717, 1.165) is 0 Å². The number of carbonyl (C=O) groups is 1. The minimum atomic E-state index is -0.171. The van der Waals surface area contributed by atoms with E-state index in [4.69, 9.17) is 0 Å². The summed E-state index contributed by atoms with van der Waals surface area (Å²) in [6.45, 7) is 0. The number of tetrazole rings is 1. The van der Waals surface area contributed by atoms with Gasteiger partial charge in [0.25, 0.3) is 5.91 Å². The molecule has 2 aromatic rings. The van der Waals surface area contributed by atoms with Crippen molar-refractivity contribution < 1.29 is 4.79 Å². The molecular formula is C9H9N5O. The van der Waals surface area contributed by atoms with Crippen molar-refractivity contribution in [3.05, 3.63) is 29.8 Å². The normalized spacial score (nSPS) is 9.93. The molecule has 2 N–H and O–H groups in total. The number of hydrogen-bond donors (Lipinski definition) is 2. The fourth-order valence-electron chi connectivity index (χ4n) is 1.29. The second-order valence-electron chi connectivity index (χ2n) is 2.86. The van der Waals surface area contributed by atoms with Crippen LogP contribution >= 0.6 is 0 Å². The minimum Gasteiger partial charge on any atom is -0.355 e. The van der Waals surface area contributed by atoms with Crippen molar-refractivity contribution in [1.29, 1.82) is 0 Å². The van der Waals surface area contributed by atoms with Crippen LogP contribution in [0.15, 0.2) is 24.3 Å². The highest BCUT2D eigenvalue weighted by Gasteiger charge is 2.13. The van der Waals surface area contributed by atoms with Crippen molar-refractivity contribution in [1.82, 2.24) is 25.9 Å². The second-order valence-corrected chi connectivity index (χ2v) is 2.86. The lowest BCUT2D eigenvalue weighted by molar-refractivity contribution is 0.0963. The first kappa shape index (κ1) is 9.32. The smallest absolute Gasteiger partial charge is 0.251 e. The standard InChI is InChI=1S/C9H9N5O/c1-10-9(15)7-5-3-2-4-6(7)8-11-13-14-12-8/h2-5H,1H3,(H,10,15)(H,11,12,13,14). The number of amides is 1. The molecule has 0 atom stereocenters. The fraction of sp³-hybridized carbons (Fsp3) is 0.111. The molecule has 6 heteroatoms. The number of nitrogens with one attached hydrogen (secondary N) is 2. The molecule has 0 spiro atoms. The lowest BCUT2D eigenvalue weighted by Crippen LogP contribution is -2.18. The lowest BCUT2D eigenvalue weighted by atomic mass is 10.1. The van der Waals surface area contributed by atoms with Crippen LogP contribution in [0.3, 0.4) is 0 Å². The van der Waals surface area contributed by atoms with E-state index in [1.807, 2.05) is 6.07 Å². The largest absolute Gasteiger partial charge is 0.355 e. The molecule has 2 rings (SSSR count). The number of nitrogens with zero attached hydrogens (tertiary/aromatic N) is 3. The Balaban J connectivity index is 2.52. The maximum absolute atomic E-state index is 11.5. The summed E-state index contributed by atoms with van der Waals surface area (Å²) in [5.41, 5.74) is 1.19. The Morgan fingerprint density at radius 2 is 2.20 bits per heavy atom. The predicted molar refractivity (Wildman–Crippen MR) is 53.0 cm³/mol. The molecule has 15 heavy (non-hydrogen) atoms. The van der Waals surface area contributed by atoms with Gasteiger partial charge >= 0.3 is 0 Å². The Bertz CT molecular complexity index is 465. The van der Waals surface area contributed by atoms with Crippen LogP contribution in [-0.4, -0.2) is 33.6 Å². The Kier molecular flexibility index (Phi) is 2.40. The SMILES string of the molecule is CNC(=O)c1ccccc1-c1nn[nH]n1. The summed E-state index contributed by atoms with van der Waals surface area (Å²) < 4.78 is 0. The summed E-state index contributed by atoms with van der Waals surface area (Å²) in [5, 5.41) is 16.0. The van der Waals surface area contributed by atoms with Gasteiger partial charge in [-0.3, -0.25) is 4.79 Å². The van der Waals surface area contributed by atoms with Gasteiger partial charge in [0.15, 0.2) is 0 Å². The second kappa shape index (κ2) is 3.87. The van der Waals surface area contributed by atoms with E-state index in [1.54, 1.807) is 25.2 Å². The predicted octanol–water partition coefficient (Wildman–Crippen LogP) is 0.226. The average Bonchev–Trinajstić information content (AvgIpc) is 2.81. The van der Waals surface area contributed by atoms with Crippen molar-refractivity contribution >= 4 is 5.91 Å². The summed E-state index contributed by atoms with van der Waals surface area (Å²) in [6.07, 6.45) is 0. The molecule has 0 aliphatic carbocycles. The van der Waals surface area contributed by atoms with Crippen LogP contribution < -0.4 is 5.32 Å². The van der Waals surface area contributed by atoms with E-state index in [1.165, 1.54) is 0 Å². The molecular weight excluding hydrogens is 194 g/mol. The lowest BCUT2D eigenvalue weighted by Gasteiger charge is -2.03. The number of H-pyrrole nitrogens is 1. The van der Waals surface area contributed by atoms with E-state index in [9.17, 15) is 4.79 Å². The van der Waals surface area contributed by atoms with Gasteiger partial charge in [-0.2, -0.15) is 5.21 Å². The number of aromatic nitrogens is 4. The molecule has 1 heterocycles. The quantitative estimate of drug-likeness (QED) is 0.731. The van der Waals surface area contributed by atoms with Crippen LogP contribution in [0.25, 0.3) is 11.4 Å². The van der Waals surface area contributed by atoms with Gasteiger partial charge in [-0.1, -0.05) is 18.2 Å².